The number of ether oxygens (including phenoxy) is 1. The van der Waals surface area contributed by atoms with Gasteiger partial charge < -0.3 is 15.0 Å². The SMILES string of the molecule is C[C@@H]1CCC[C@H](C)N1c1nnc2ccc(O[C@@H]3CC[C@H](NC(=O)Nc4cc(C(C)(C)C)nn4-c4ccc(Cl)c(CCOS(C)(=O)=O)c4)c4ccccc43)cn12. The lowest BCUT2D eigenvalue weighted by molar-refractivity contribution is 0.171. The molecular weight excluding hydrogens is 740 g/mol. The molecule has 2 amide bonds. The van der Waals surface area contributed by atoms with Crippen LogP contribution in [0.2, 0.25) is 5.02 Å². The largest absolute Gasteiger partial charge is 0.484 e. The molecular formula is C40H49ClN8O5S. The van der Waals surface area contributed by atoms with Crippen molar-refractivity contribution in [2.24, 2.45) is 0 Å². The van der Waals surface area contributed by atoms with E-state index in [0.29, 0.717) is 47.0 Å². The van der Waals surface area contributed by atoms with Gasteiger partial charge in [-0.15, -0.1) is 10.2 Å². The molecule has 0 bridgehead atoms. The molecule has 0 spiro atoms. The number of aromatic nitrogens is 5. The van der Waals surface area contributed by atoms with E-state index < -0.39 is 10.1 Å². The third-order valence-electron chi connectivity index (χ3n) is 10.5. The second kappa shape index (κ2) is 15.5. The van der Waals surface area contributed by atoms with E-state index in [2.05, 4.69) is 66.4 Å². The second-order valence-electron chi connectivity index (χ2n) is 15.7. The van der Waals surface area contributed by atoms with Gasteiger partial charge in [0, 0.05) is 28.6 Å². The number of halogens is 1. The molecule has 55 heavy (non-hydrogen) atoms. The van der Waals surface area contributed by atoms with Crippen LogP contribution in [-0.4, -0.2) is 63.8 Å². The van der Waals surface area contributed by atoms with Crippen molar-refractivity contribution in [1.29, 1.82) is 0 Å². The number of piperidine rings is 1. The summed E-state index contributed by atoms with van der Waals surface area (Å²) in [7, 11) is -3.59. The highest BCUT2D eigenvalue weighted by atomic mass is 35.5. The summed E-state index contributed by atoms with van der Waals surface area (Å²) in [6, 6.07) is 19.3. The molecule has 7 rings (SSSR count). The molecule has 292 valence electrons. The number of anilines is 2. The van der Waals surface area contributed by atoms with Gasteiger partial charge >= 0.3 is 6.03 Å². The Bertz CT molecular complexity index is 2290. The van der Waals surface area contributed by atoms with E-state index in [0.717, 1.165) is 53.3 Å². The van der Waals surface area contributed by atoms with Gasteiger partial charge in [0.05, 0.1) is 36.5 Å². The molecule has 13 nitrogen and oxygen atoms in total. The number of pyridine rings is 1. The third-order valence-corrected chi connectivity index (χ3v) is 11.4. The molecule has 15 heteroatoms. The number of hydrogen-bond acceptors (Lipinski definition) is 9. The highest BCUT2D eigenvalue weighted by molar-refractivity contribution is 7.85. The first-order chi connectivity index (χ1) is 26.1. The van der Waals surface area contributed by atoms with Gasteiger partial charge in [0.2, 0.25) is 5.95 Å². The minimum Gasteiger partial charge on any atom is -0.484 e. The summed E-state index contributed by atoms with van der Waals surface area (Å²) in [6.45, 7) is 10.6. The van der Waals surface area contributed by atoms with Crippen molar-refractivity contribution >= 4 is 45.2 Å². The van der Waals surface area contributed by atoms with Crippen LogP contribution < -0.4 is 20.3 Å². The number of hydrogen-bond donors (Lipinski definition) is 2. The number of carbonyl (C=O) groups excluding carboxylic acids is 1. The molecule has 0 unspecified atom stereocenters. The average Bonchev–Trinajstić information content (AvgIpc) is 3.74. The summed E-state index contributed by atoms with van der Waals surface area (Å²) < 4.78 is 38.4. The maximum Gasteiger partial charge on any atom is 0.320 e. The Hall–Kier alpha value is -4.66. The Labute approximate surface area is 327 Å². The van der Waals surface area contributed by atoms with E-state index in [-0.39, 0.29) is 36.6 Å². The minimum atomic E-state index is -3.59. The lowest BCUT2D eigenvalue weighted by atomic mass is 9.85. The van der Waals surface area contributed by atoms with E-state index in [1.807, 2.05) is 53.1 Å². The van der Waals surface area contributed by atoms with Gasteiger partial charge in [-0.1, -0.05) is 56.6 Å². The molecule has 5 aromatic rings. The fourth-order valence-electron chi connectivity index (χ4n) is 7.64. The van der Waals surface area contributed by atoms with Crippen LogP contribution in [0.5, 0.6) is 5.75 Å². The van der Waals surface area contributed by atoms with Gasteiger partial charge in [-0.25, -0.2) is 9.48 Å². The zero-order valence-electron chi connectivity index (χ0n) is 32.1. The number of amides is 2. The number of fused-ring (bicyclic) bond motifs is 2. The molecule has 2 aromatic carbocycles. The van der Waals surface area contributed by atoms with Crippen LogP contribution >= 0.6 is 11.6 Å². The van der Waals surface area contributed by atoms with E-state index in [4.69, 9.17) is 25.6 Å². The zero-order valence-corrected chi connectivity index (χ0v) is 33.7. The first-order valence-electron chi connectivity index (χ1n) is 18.8. The van der Waals surface area contributed by atoms with Crippen molar-refractivity contribution in [3.63, 3.8) is 0 Å². The van der Waals surface area contributed by atoms with Crippen LogP contribution in [0, 0.1) is 0 Å². The Morgan fingerprint density at radius 3 is 2.44 bits per heavy atom. The number of urea groups is 1. The van der Waals surface area contributed by atoms with Crippen molar-refractivity contribution < 1.29 is 22.1 Å². The zero-order chi connectivity index (χ0) is 39.1. The lowest BCUT2D eigenvalue weighted by Crippen LogP contribution is -2.44. The molecule has 1 saturated heterocycles. The Kier molecular flexibility index (Phi) is 10.9. The molecule has 1 aliphatic heterocycles. The van der Waals surface area contributed by atoms with Crippen molar-refractivity contribution in [1.82, 2.24) is 29.7 Å². The van der Waals surface area contributed by atoms with Gasteiger partial charge in [-0.2, -0.15) is 13.5 Å². The van der Waals surface area contributed by atoms with Gasteiger partial charge in [0.15, 0.2) is 5.65 Å². The number of benzene rings is 2. The molecule has 1 aliphatic carbocycles. The minimum absolute atomic E-state index is 0.0493. The first kappa shape index (κ1) is 38.6. The van der Waals surface area contributed by atoms with Crippen LogP contribution in [0.1, 0.15) is 101 Å². The fourth-order valence-corrected chi connectivity index (χ4v) is 8.24. The maximum atomic E-state index is 13.8. The van der Waals surface area contributed by atoms with Crippen LogP contribution in [0.4, 0.5) is 16.6 Å². The fraction of sp³-hybridized carbons (Fsp3) is 0.450. The normalized spacial score (nSPS) is 20.3. The highest BCUT2D eigenvalue weighted by Crippen LogP contribution is 2.39. The lowest BCUT2D eigenvalue weighted by Gasteiger charge is -2.39. The predicted molar refractivity (Wildman–Crippen MR) is 214 cm³/mol. The summed E-state index contributed by atoms with van der Waals surface area (Å²) >= 11 is 6.47. The second-order valence-corrected chi connectivity index (χ2v) is 17.8. The van der Waals surface area contributed by atoms with Crippen LogP contribution in [0.25, 0.3) is 11.3 Å². The number of rotatable bonds is 10. The Morgan fingerprint density at radius 1 is 0.964 bits per heavy atom. The Morgan fingerprint density at radius 2 is 1.71 bits per heavy atom. The van der Waals surface area contributed by atoms with Gasteiger partial charge in [0.1, 0.15) is 17.7 Å². The molecule has 3 aromatic heterocycles. The van der Waals surface area contributed by atoms with Crippen LogP contribution in [0.3, 0.4) is 0 Å². The maximum absolute atomic E-state index is 13.8. The molecule has 1 fully saturated rings. The van der Waals surface area contributed by atoms with Crippen LogP contribution in [0.15, 0.2) is 66.9 Å². The summed E-state index contributed by atoms with van der Waals surface area (Å²) in [5, 5.41) is 20.6. The number of nitrogens with one attached hydrogen (secondary N) is 2. The summed E-state index contributed by atoms with van der Waals surface area (Å²) in [4.78, 5) is 16.1. The monoisotopic (exact) mass is 788 g/mol. The number of nitrogens with zero attached hydrogens (tertiary/aromatic N) is 6. The van der Waals surface area contributed by atoms with Crippen molar-refractivity contribution in [2.75, 3.05) is 23.1 Å². The molecule has 4 atom stereocenters. The topological polar surface area (TPSA) is 145 Å². The van der Waals surface area contributed by atoms with Gasteiger partial charge in [0.25, 0.3) is 10.1 Å². The third kappa shape index (κ3) is 8.61. The summed E-state index contributed by atoms with van der Waals surface area (Å²) in [6.07, 6.45) is 7.88. The quantitative estimate of drug-likeness (QED) is 0.135. The molecule has 2 N–H and O–H groups in total. The summed E-state index contributed by atoms with van der Waals surface area (Å²) in [5.74, 6) is 2.04. The summed E-state index contributed by atoms with van der Waals surface area (Å²) in [5.41, 5.74) is 4.62. The van der Waals surface area contributed by atoms with Gasteiger partial charge in [-0.05, 0) is 99.4 Å². The average molecular weight is 789 g/mol. The highest BCUT2D eigenvalue weighted by Gasteiger charge is 2.32. The van der Waals surface area contributed by atoms with Crippen molar-refractivity contribution in [3.8, 4) is 11.4 Å². The predicted octanol–water partition coefficient (Wildman–Crippen LogP) is 7.93. The number of carbonyl (C=O) groups is 1. The molecule has 2 aliphatic rings. The van der Waals surface area contributed by atoms with Crippen molar-refractivity contribution in [3.05, 3.63) is 94.3 Å². The van der Waals surface area contributed by atoms with E-state index in [9.17, 15) is 13.2 Å². The van der Waals surface area contributed by atoms with E-state index in [1.54, 1.807) is 16.8 Å². The molecule has 0 saturated carbocycles. The van der Waals surface area contributed by atoms with Crippen LogP contribution in [-0.2, 0) is 26.1 Å². The van der Waals surface area contributed by atoms with Gasteiger partial charge in [-0.3, -0.25) is 13.9 Å². The van der Waals surface area contributed by atoms with E-state index in [1.165, 1.54) is 6.42 Å². The van der Waals surface area contributed by atoms with Crippen molar-refractivity contribution in [2.45, 2.75) is 103 Å². The smallest absolute Gasteiger partial charge is 0.320 e. The molecule has 4 heterocycles. The van der Waals surface area contributed by atoms with E-state index >= 15 is 0 Å². The molecule has 0 radical (unpaired) electrons. The Balaban J connectivity index is 1.08. The first-order valence-corrected chi connectivity index (χ1v) is 21.0. The standard InChI is InChI=1S/C40H49ClN8O5S/c1-25-10-9-11-26(2)48(25)39-45-44-36-19-15-29(24-47(36)39)54-34-18-17-33(30-12-7-8-13-31(30)34)42-38(50)43-37-23-35(40(3,4)5)46-49(37)28-14-16-32(41)27(22-28)20-21-53-55(6,51)52/h7-8,12-16,19,22-26,33-34H,9-11,17-18,20-21H2,1-6H3,(H2,42,43,50)/t25-,26+,33-,34+/m0/s1.